The molecule has 43 heavy (non-hydrogen) atoms. The molecule has 1 atom stereocenters. The monoisotopic (exact) mass is 619 g/mol. The molecule has 0 aliphatic heterocycles. The third kappa shape index (κ3) is 8.73. The molecule has 8 nitrogen and oxygen atoms in total. The molecule has 3 aromatic rings. The average Bonchev–Trinajstić information content (AvgIpc) is 2.99. The van der Waals surface area contributed by atoms with Crippen molar-refractivity contribution in [3.05, 3.63) is 90.0 Å². The zero-order valence-corrected chi connectivity index (χ0v) is 25.1. The summed E-state index contributed by atoms with van der Waals surface area (Å²) >= 11 is 0. The molecule has 2 amide bonds. The number of hydrogen-bond acceptors (Lipinski definition) is 5. The van der Waals surface area contributed by atoms with Gasteiger partial charge in [-0.3, -0.25) is 13.9 Å². The molecular formula is C31H36F3N3O5S. The summed E-state index contributed by atoms with van der Waals surface area (Å²) in [6.45, 7) is 3.17. The van der Waals surface area contributed by atoms with Crippen LogP contribution >= 0.6 is 0 Å². The van der Waals surface area contributed by atoms with Gasteiger partial charge in [-0.2, -0.15) is 13.2 Å². The van der Waals surface area contributed by atoms with Crippen LogP contribution in [-0.2, 0) is 32.3 Å². The number of nitrogens with one attached hydrogen (secondary N) is 1. The molecule has 0 fully saturated rings. The smallest absolute Gasteiger partial charge is 0.416 e. The van der Waals surface area contributed by atoms with Crippen molar-refractivity contribution in [2.24, 2.45) is 0 Å². The van der Waals surface area contributed by atoms with E-state index in [4.69, 9.17) is 4.74 Å². The minimum Gasteiger partial charge on any atom is -0.497 e. The van der Waals surface area contributed by atoms with Gasteiger partial charge in [0.05, 0.1) is 23.3 Å². The van der Waals surface area contributed by atoms with Crippen molar-refractivity contribution < 1.29 is 35.9 Å². The molecule has 0 bridgehead atoms. The molecule has 3 aromatic carbocycles. The minimum absolute atomic E-state index is 0.0719. The van der Waals surface area contributed by atoms with E-state index in [1.165, 1.54) is 42.3 Å². The second-order valence-electron chi connectivity index (χ2n) is 9.81. The van der Waals surface area contributed by atoms with Gasteiger partial charge in [-0.25, -0.2) is 8.42 Å². The van der Waals surface area contributed by atoms with Crippen LogP contribution in [-0.4, -0.2) is 51.4 Å². The maximum Gasteiger partial charge on any atom is 0.416 e. The molecule has 1 N–H and O–H groups in total. The average molecular weight is 620 g/mol. The fourth-order valence-electron chi connectivity index (χ4n) is 4.48. The lowest BCUT2D eigenvalue weighted by molar-refractivity contribution is -0.140. The highest BCUT2D eigenvalue weighted by Crippen LogP contribution is 2.33. The molecule has 3 rings (SSSR count). The Morgan fingerprint density at radius 1 is 0.953 bits per heavy atom. The molecular weight excluding hydrogens is 583 g/mol. The summed E-state index contributed by atoms with van der Waals surface area (Å²) in [6.07, 6.45) is -2.97. The number of halogens is 3. The van der Waals surface area contributed by atoms with E-state index < -0.39 is 46.2 Å². The number of benzene rings is 3. The molecule has 0 saturated heterocycles. The van der Waals surface area contributed by atoms with Gasteiger partial charge in [0.25, 0.3) is 10.0 Å². The second-order valence-corrected chi connectivity index (χ2v) is 11.7. The summed E-state index contributed by atoms with van der Waals surface area (Å²) in [4.78, 5) is 28.4. The van der Waals surface area contributed by atoms with Crippen LogP contribution < -0.4 is 14.4 Å². The standard InChI is InChI=1S/C31H36F3N3O5S/c1-4-6-18-35-30(39)28(5-2)36(21-23-12-10-15-26(19-23)42-3)29(38)22-37(43(40,41)27-16-8-7-9-17-27)25-14-11-13-24(20-25)31(32,33)34/h7-17,19-20,28H,4-6,18,21-22H2,1-3H3,(H,35,39)/t28-/m1/s1. The third-order valence-electron chi connectivity index (χ3n) is 6.77. The number of methoxy groups -OCH3 is 1. The molecule has 0 spiro atoms. The van der Waals surface area contributed by atoms with Gasteiger partial charge in [0.15, 0.2) is 0 Å². The number of anilines is 1. The van der Waals surface area contributed by atoms with Crippen molar-refractivity contribution in [3.63, 3.8) is 0 Å². The van der Waals surface area contributed by atoms with Crippen molar-refractivity contribution in [2.45, 2.75) is 56.8 Å². The number of carbonyl (C=O) groups is 2. The Bertz CT molecular complexity index is 1480. The van der Waals surface area contributed by atoms with E-state index in [0.717, 1.165) is 25.0 Å². The predicted octanol–water partition coefficient (Wildman–Crippen LogP) is 5.63. The topological polar surface area (TPSA) is 96.0 Å². The highest BCUT2D eigenvalue weighted by Gasteiger charge is 2.36. The van der Waals surface area contributed by atoms with Crippen molar-refractivity contribution in [1.29, 1.82) is 0 Å². The van der Waals surface area contributed by atoms with Gasteiger partial charge >= 0.3 is 6.18 Å². The maximum atomic E-state index is 14.1. The Balaban J connectivity index is 2.09. The lowest BCUT2D eigenvalue weighted by atomic mass is 10.1. The van der Waals surface area contributed by atoms with Gasteiger partial charge in [-0.15, -0.1) is 0 Å². The van der Waals surface area contributed by atoms with Crippen LogP contribution in [0.2, 0.25) is 0 Å². The molecule has 0 aromatic heterocycles. The van der Waals surface area contributed by atoms with Gasteiger partial charge in [0.1, 0.15) is 18.3 Å². The Morgan fingerprint density at radius 3 is 2.28 bits per heavy atom. The molecule has 0 aliphatic rings. The van der Waals surface area contributed by atoms with E-state index in [-0.39, 0.29) is 23.5 Å². The van der Waals surface area contributed by atoms with Crippen LogP contribution in [0.1, 0.15) is 44.2 Å². The first-order valence-electron chi connectivity index (χ1n) is 13.9. The lowest BCUT2D eigenvalue weighted by Gasteiger charge is -2.33. The Kier molecular flexibility index (Phi) is 11.6. The van der Waals surface area contributed by atoms with Crippen LogP contribution in [0.5, 0.6) is 5.75 Å². The van der Waals surface area contributed by atoms with Crippen molar-refractivity contribution >= 4 is 27.5 Å². The normalized spacial score (nSPS) is 12.3. The molecule has 0 saturated carbocycles. The van der Waals surface area contributed by atoms with Crippen LogP contribution in [0.25, 0.3) is 0 Å². The number of hydrogen-bond donors (Lipinski definition) is 1. The lowest BCUT2D eigenvalue weighted by Crippen LogP contribution is -2.52. The molecule has 232 valence electrons. The maximum absolute atomic E-state index is 14.1. The number of alkyl halides is 3. The molecule has 0 aliphatic carbocycles. The second kappa shape index (κ2) is 14.9. The number of ether oxygens (including phenoxy) is 1. The SMILES string of the molecule is CCCCNC(=O)[C@@H](CC)N(Cc1cccc(OC)c1)C(=O)CN(c1cccc(C(F)(F)F)c1)S(=O)(=O)c1ccccc1. The Labute approximate surface area is 250 Å². The van der Waals surface area contributed by atoms with Crippen LogP contribution in [0, 0.1) is 0 Å². The molecule has 0 radical (unpaired) electrons. The van der Waals surface area contributed by atoms with E-state index in [1.807, 2.05) is 6.92 Å². The van der Waals surface area contributed by atoms with Gasteiger partial charge in [0, 0.05) is 13.1 Å². The first-order chi connectivity index (χ1) is 20.4. The van der Waals surface area contributed by atoms with Crippen LogP contribution in [0.15, 0.2) is 83.8 Å². The highest BCUT2D eigenvalue weighted by molar-refractivity contribution is 7.92. The number of amides is 2. The first kappa shape index (κ1) is 33.4. The number of unbranched alkanes of at least 4 members (excludes halogenated alkanes) is 1. The van der Waals surface area contributed by atoms with Crippen LogP contribution in [0.3, 0.4) is 0 Å². The Morgan fingerprint density at radius 2 is 1.65 bits per heavy atom. The van der Waals surface area contributed by atoms with E-state index in [2.05, 4.69) is 5.32 Å². The zero-order chi connectivity index (χ0) is 31.6. The summed E-state index contributed by atoms with van der Waals surface area (Å²) in [7, 11) is -3.02. The molecule has 0 heterocycles. The van der Waals surface area contributed by atoms with Gasteiger partial charge in [-0.1, -0.05) is 56.7 Å². The minimum atomic E-state index is -4.75. The summed E-state index contributed by atoms with van der Waals surface area (Å²) in [5.41, 5.74) is -0.793. The summed E-state index contributed by atoms with van der Waals surface area (Å²) in [5, 5.41) is 2.83. The highest BCUT2D eigenvalue weighted by atomic mass is 32.2. The summed E-state index contributed by atoms with van der Waals surface area (Å²) in [6, 6.07) is 16.8. The van der Waals surface area contributed by atoms with Crippen molar-refractivity contribution in [2.75, 3.05) is 24.5 Å². The van der Waals surface area contributed by atoms with Gasteiger partial charge in [-0.05, 0) is 60.9 Å². The number of carbonyl (C=O) groups excluding carboxylic acids is 2. The summed E-state index contributed by atoms with van der Waals surface area (Å²) < 4.78 is 74.4. The first-order valence-corrected chi connectivity index (χ1v) is 15.3. The van der Waals surface area contributed by atoms with Crippen molar-refractivity contribution in [1.82, 2.24) is 10.2 Å². The zero-order valence-electron chi connectivity index (χ0n) is 24.3. The summed E-state index contributed by atoms with van der Waals surface area (Å²) in [5.74, 6) is -0.663. The van der Waals surface area contributed by atoms with E-state index >= 15 is 0 Å². The van der Waals surface area contributed by atoms with Crippen molar-refractivity contribution in [3.8, 4) is 5.75 Å². The number of sulfonamides is 1. The number of rotatable bonds is 14. The number of nitrogens with zero attached hydrogens (tertiary/aromatic N) is 2. The van der Waals surface area contributed by atoms with Gasteiger partial charge in [0.2, 0.25) is 11.8 Å². The van der Waals surface area contributed by atoms with Crippen LogP contribution in [0.4, 0.5) is 18.9 Å². The van der Waals surface area contributed by atoms with E-state index in [9.17, 15) is 31.2 Å². The molecule has 0 unspecified atom stereocenters. The fourth-order valence-corrected chi connectivity index (χ4v) is 5.91. The predicted molar refractivity (Wildman–Crippen MR) is 158 cm³/mol. The fraction of sp³-hybridized carbons (Fsp3) is 0.355. The van der Waals surface area contributed by atoms with E-state index in [0.29, 0.717) is 28.2 Å². The quantitative estimate of drug-likeness (QED) is 0.236. The van der Waals surface area contributed by atoms with Gasteiger partial charge < -0.3 is 15.0 Å². The largest absolute Gasteiger partial charge is 0.497 e. The Hall–Kier alpha value is -4.06. The van der Waals surface area contributed by atoms with E-state index in [1.54, 1.807) is 37.3 Å². The molecule has 12 heteroatoms. The third-order valence-corrected chi connectivity index (χ3v) is 8.56.